The van der Waals surface area contributed by atoms with Crippen LogP contribution < -0.4 is 0 Å². The van der Waals surface area contributed by atoms with Gasteiger partial charge in [0.1, 0.15) is 0 Å². The topological polar surface area (TPSA) is 37.1 Å². The van der Waals surface area contributed by atoms with Crippen LogP contribution in [0.3, 0.4) is 0 Å². The molecule has 0 aromatic heterocycles. The lowest BCUT2D eigenvalue weighted by Crippen LogP contribution is -1.97. The van der Waals surface area contributed by atoms with Gasteiger partial charge in [-0.3, -0.25) is 4.99 Å². The van der Waals surface area contributed by atoms with Crippen LogP contribution in [0.5, 0.6) is 0 Å². The van der Waals surface area contributed by atoms with Crippen LogP contribution in [0, 0.1) is 6.92 Å². The third-order valence-electron chi connectivity index (χ3n) is 2.13. The van der Waals surface area contributed by atoms with Crippen molar-refractivity contribution in [2.45, 2.75) is 20.3 Å². The van der Waals surface area contributed by atoms with Crippen molar-refractivity contribution < 1.29 is 0 Å². The molecule has 0 spiro atoms. The maximum absolute atomic E-state index is 6.05. The Bertz CT molecular complexity index is 411. The second-order valence-corrected chi connectivity index (χ2v) is 3.88. The molecule has 1 aromatic rings. The zero-order chi connectivity index (χ0) is 12.0. The van der Waals surface area contributed by atoms with Crippen LogP contribution in [0.15, 0.2) is 33.4 Å². The lowest BCUT2D eigenvalue weighted by atomic mass is 10.1. The maximum atomic E-state index is 6.05. The lowest BCUT2D eigenvalue weighted by molar-refractivity contribution is 0.882. The number of halogens is 1. The minimum absolute atomic E-state index is 0.621. The first-order chi connectivity index (χ1) is 7.69. The molecule has 0 saturated heterocycles. The first-order valence-corrected chi connectivity index (χ1v) is 5.67. The van der Waals surface area contributed by atoms with Crippen LogP contribution in [0.4, 0.5) is 0 Å². The number of amidine groups is 1. The third kappa shape index (κ3) is 3.42. The number of rotatable bonds is 3. The molecule has 1 aromatic carbocycles. The quantitative estimate of drug-likeness (QED) is 0.435. The van der Waals surface area contributed by atoms with E-state index < -0.39 is 0 Å². The molecule has 0 bridgehead atoms. The molecule has 1 rings (SSSR count). The smallest absolute Gasteiger partial charge is 0.176 e. The van der Waals surface area contributed by atoms with Crippen LogP contribution in [-0.2, 0) is 0 Å². The minimum Gasteiger partial charge on any atom is -0.268 e. The standard InChI is InChI=1S/C12H16ClN3/c1-4-7-15-16-12(14-3)10-6-5-9(2)11(13)8-10/h5-6,8H,4,7H2,1-3H3. The molecule has 0 saturated carbocycles. The van der Waals surface area contributed by atoms with Gasteiger partial charge in [0.05, 0.1) is 6.54 Å². The van der Waals surface area contributed by atoms with Crippen molar-refractivity contribution in [1.82, 2.24) is 0 Å². The Morgan fingerprint density at radius 3 is 2.69 bits per heavy atom. The summed E-state index contributed by atoms with van der Waals surface area (Å²) >= 11 is 6.05. The zero-order valence-electron chi connectivity index (χ0n) is 9.87. The highest BCUT2D eigenvalue weighted by Gasteiger charge is 2.03. The van der Waals surface area contributed by atoms with Crippen molar-refractivity contribution in [2.75, 3.05) is 13.6 Å². The summed E-state index contributed by atoms with van der Waals surface area (Å²) in [6.07, 6.45) is 0.981. The first kappa shape index (κ1) is 12.8. The largest absolute Gasteiger partial charge is 0.268 e. The molecule has 0 radical (unpaired) electrons. The van der Waals surface area contributed by atoms with Gasteiger partial charge in [-0.05, 0) is 25.0 Å². The van der Waals surface area contributed by atoms with Gasteiger partial charge in [0.25, 0.3) is 0 Å². The summed E-state index contributed by atoms with van der Waals surface area (Å²) in [5, 5.41) is 8.86. The fourth-order valence-electron chi connectivity index (χ4n) is 1.18. The van der Waals surface area contributed by atoms with E-state index >= 15 is 0 Å². The van der Waals surface area contributed by atoms with Gasteiger partial charge in [-0.15, -0.1) is 5.11 Å². The molecule has 0 N–H and O–H groups in total. The average molecular weight is 238 g/mol. The van der Waals surface area contributed by atoms with Gasteiger partial charge < -0.3 is 0 Å². The van der Waals surface area contributed by atoms with Gasteiger partial charge in [0.2, 0.25) is 0 Å². The van der Waals surface area contributed by atoms with Crippen molar-refractivity contribution in [1.29, 1.82) is 0 Å². The van der Waals surface area contributed by atoms with E-state index in [1.807, 2.05) is 25.1 Å². The number of benzene rings is 1. The summed E-state index contributed by atoms with van der Waals surface area (Å²) in [5.74, 6) is 0.621. The molecule has 0 aliphatic heterocycles. The predicted molar refractivity (Wildman–Crippen MR) is 68.7 cm³/mol. The number of hydrogen-bond acceptors (Lipinski definition) is 2. The number of aryl methyl sites for hydroxylation is 1. The van der Waals surface area contributed by atoms with E-state index in [0.717, 1.165) is 29.1 Å². The summed E-state index contributed by atoms with van der Waals surface area (Å²) in [6, 6.07) is 5.77. The highest BCUT2D eigenvalue weighted by atomic mass is 35.5. The van der Waals surface area contributed by atoms with Crippen LogP contribution in [0.25, 0.3) is 0 Å². The zero-order valence-corrected chi connectivity index (χ0v) is 10.6. The molecule has 0 heterocycles. The van der Waals surface area contributed by atoms with E-state index in [4.69, 9.17) is 11.6 Å². The first-order valence-electron chi connectivity index (χ1n) is 5.29. The number of hydrogen-bond donors (Lipinski definition) is 0. The summed E-state index contributed by atoms with van der Waals surface area (Å²) < 4.78 is 0. The van der Waals surface area contributed by atoms with E-state index in [-0.39, 0.29) is 0 Å². The van der Waals surface area contributed by atoms with Crippen molar-refractivity contribution >= 4 is 17.4 Å². The molecule has 3 nitrogen and oxygen atoms in total. The highest BCUT2D eigenvalue weighted by molar-refractivity contribution is 6.31. The van der Waals surface area contributed by atoms with Gasteiger partial charge in [-0.2, -0.15) is 5.11 Å². The molecule has 0 unspecified atom stereocenters. The third-order valence-corrected chi connectivity index (χ3v) is 2.54. The molecule has 0 amide bonds. The Morgan fingerprint density at radius 1 is 1.38 bits per heavy atom. The molecule has 0 aliphatic rings. The van der Waals surface area contributed by atoms with Crippen LogP contribution >= 0.6 is 11.6 Å². The molecule has 16 heavy (non-hydrogen) atoms. The maximum Gasteiger partial charge on any atom is 0.176 e. The second kappa shape index (κ2) is 6.38. The van der Waals surface area contributed by atoms with E-state index in [1.165, 1.54) is 0 Å². The molecule has 0 aliphatic carbocycles. The monoisotopic (exact) mass is 237 g/mol. The molecule has 86 valence electrons. The van der Waals surface area contributed by atoms with Crippen LogP contribution in [0.2, 0.25) is 5.02 Å². The molecular weight excluding hydrogens is 222 g/mol. The van der Waals surface area contributed by atoms with E-state index in [0.29, 0.717) is 5.84 Å². The Labute approximate surface area is 101 Å². The predicted octanol–water partition coefficient (Wildman–Crippen LogP) is 3.89. The van der Waals surface area contributed by atoms with Crippen LogP contribution in [-0.4, -0.2) is 19.4 Å². The molecule has 0 atom stereocenters. The highest BCUT2D eigenvalue weighted by Crippen LogP contribution is 2.17. The summed E-state index contributed by atoms with van der Waals surface area (Å²) in [7, 11) is 1.70. The summed E-state index contributed by atoms with van der Waals surface area (Å²) in [6.45, 7) is 4.75. The normalized spacial score (nSPS) is 12.4. The Kier molecular flexibility index (Phi) is 5.12. The van der Waals surface area contributed by atoms with E-state index in [9.17, 15) is 0 Å². The van der Waals surface area contributed by atoms with E-state index in [2.05, 4.69) is 22.1 Å². The Hall–Kier alpha value is -1.22. The molecule has 4 heteroatoms. The molecule has 0 fully saturated rings. The fraction of sp³-hybridized carbons (Fsp3) is 0.417. The summed E-state index contributed by atoms with van der Waals surface area (Å²) in [5.41, 5.74) is 1.95. The van der Waals surface area contributed by atoms with Gasteiger partial charge in [-0.25, -0.2) is 0 Å². The van der Waals surface area contributed by atoms with Crippen molar-refractivity contribution in [3.8, 4) is 0 Å². The van der Waals surface area contributed by atoms with Gasteiger partial charge >= 0.3 is 0 Å². The SMILES string of the molecule is CCCN=NC(=NC)c1ccc(C)c(Cl)c1. The minimum atomic E-state index is 0.621. The van der Waals surface area contributed by atoms with E-state index in [1.54, 1.807) is 7.05 Å². The number of azo groups is 1. The second-order valence-electron chi connectivity index (χ2n) is 3.48. The van der Waals surface area contributed by atoms with Crippen molar-refractivity contribution in [3.63, 3.8) is 0 Å². The molecular formula is C12H16ClN3. The Balaban J connectivity index is 2.92. The van der Waals surface area contributed by atoms with Gasteiger partial charge in [0.15, 0.2) is 5.84 Å². The van der Waals surface area contributed by atoms with Crippen molar-refractivity contribution in [3.05, 3.63) is 34.3 Å². The van der Waals surface area contributed by atoms with Gasteiger partial charge in [-0.1, -0.05) is 30.7 Å². The average Bonchev–Trinajstić information content (AvgIpc) is 2.29. The number of nitrogens with zero attached hydrogens (tertiary/aromatic N) is 3. The summed E-state index contributed by atoms with van der Waals surface area (Å²) in [4.78, 5) is 4.10. The van der Waals surface area contributed by atoms with Crippen LogP contribution in [0.1, 0.15) is 24.5 Å². The number of aliphatic imine (C=N–C) groups is 1. The van der Waals surface area contributed by atoms with Gasteiger partial charge in [0, 0.05) is 17.6 Å². The fourth-order valence-corrected chi connectivity index (χ4v) is 1.36. The lowest BCUT2D eigenvalue weighted by Gasteiger charge is -2.02. The Morgan fingerprint density at radius 2 is 2.12 bits per heavy atom. The van der Waals surface area contributed by atoms with Crippen molar-refractivity contribution in [2.24, 2.45) is 15.2 Å².